The number of thioether (sulfide) groups is 1. The largest absolute Gasteiger partial charge is 0.480 e. The number of amides is 1. The summed E-state index contributed by atoms with van der Waals surface area (Å²) < 4.78 is 0.281. The van der Waals surface area contributed by atoms with Gasteiger partial charge in [0, 0.05) is 12.2 Å². The summed E-state index contributed by atoms with van der Waals surface area (Å²) in [5.74, 6) is -1.43. The predicted octanol–water partition coefficient (Wildman–Crippen LogP) is 2.70. The number of hydrogen-bond donors (Lipinski definition) is 1. The molecule has 1 fully saturated rings. The molecule has 0 aliphatic carbocycles. The fraction of sp³-hybridized carbons (Fsp3) is 0.188. The molecule has 7 heteroatoms. The Labute approximate surface area is 143 Å². The number of carboxylic acid groups (broad SMARTS) is 1. The van der Waals surface area contributed by atoms with Gasteiger partial charge in [-0.15, -0.1) is 0 Å². The second-order valence-corrected chi connectivity index (χ2v) is 6.65. The zero-order chi connectivity index (χ0) is 16.6. The summed E-state index contributed by atoms with van der Waals surface area (Å²) in [4.78, 5) is 27.1. The topological polar surface area (TPSA) is 60.9 Å². The van der Waals surface area contributed by atoms with E-state index < -0.39 is 12.5 Å². The number of para-hydroxylation sites is 1. The van der Waals surface area contributed by atoms with Crippen molar-refractivity contribution in [2.75, 3.05) is 18.0 Å². The lowest BCUT2D eigenvalue weighted by atomic mass is 10.1. The first-order valence-electron chi connectivity index (χ1n) is 7.07. The highest BCUT2D eigenvalue weighted by Gasteiger charge is 2.37. The Balaban J connectivity index is 2.04. The van der Waals surface area contributed by atoms with Gasteiger partial charge in [-0.25, -0.2) is 0 Å². The fourth-order valence-corrected chi connectivity index (χ4v) is 3.94. The summed E-state index contributed by atoms with van der Waals surface area (Å²) in [6.45, 7) is 2.29. The van der Waals surface area contributed by atoms with Crippen molar-refractivity contribution in [2.24, 2.45) is 0 Å². The van der Waals surface area contributed by atoms with Crippen LogP contribution in [-0.2, 0) is 9.59 Å². The number of thiocarbonyl (C=S) groups is 1. The van der Waals surface area contributed by atoms with E-state index in [0.29, 0.717) is 11.4 Å². The van der Waals surface area contributed by atoms with Crippen molar-refractivity contribution < 1.29 is 14.7 Å². The van der Waals surface area contributed by atoms with Crippen molar-refractivity contribution in [3.63, 3.8) is 0 Å². The number of carbonyl (C=O) groups excluding carboxylic acids is 1. The van der Waals surface area contributed by atoms with Gasteiger partial charge in [0.25, 0.3) is 5.91 Å². The molecule has 5 nitrogen and oxygen atoms in total. The van der Waals surface area contributed by atoms with E-state index in [1.807, 2.05) is 48.2 Å². The van der Waals surface area contributed by atoms with E-state index in [0.717, 1.165) is 33.6 Å². The predicted molar refractivity (Wildman–Crippen MR) is 95.1 cm³/mol. The van der Waals surface area contributed by atoms with Crippen LogP contribution in [0.1, 0.15) is 12.5 Å². The molecule has 1 saturated heterocycles. The number of anilines is 1. The van der Waals surface area contributed by atoms with Gasteiger partial charge in [0.2, 0.25) is 0 Å². The maximum absolute atomic E-state index is 12.6. The number of benzene rings is 1. The van der Waals surface area contributed by atoms with Gasteiger partial charge in [-0.1, -0.05) is 48.3 Å². The molecule has 0 aromatic heterocycles. The van der Waals surface area contributed by atoms with Crippen molar-refractivity contribution in [3.05, 3.63) is 46.5 Å². The second kappa shape index (κ2) is 6.17. The highest BCUT2D eigenvalue weighted by Crippen LogP contribution is 2.39. The molecule has 23 heavy (non-hydrogen) atoms. The SMILES string of the molecule is CCN1C(=C2SC(=S)N(CC(=O)O)C2=O)C=Cc2ccccc21. The monoisotopic (exact) mass is 346 g/mol. The maximum atomic E-state index is 12.6. The molecule has 1 amide bonds. The molecular formula is C16H14N2O3S2. The summed E-state index contributed by atoms with van der Waals surface area (Å²) in [5, 5.41) is 8.93. The molecule has 1 aromatic rings. The first kappa shape index (κ1) is 15.8. The van der Waals surface area contributed by atoms with Gasteiger partial charge >= 0.3 is 5.97 Å². The van der Waals surface area contributed by atoms with E-state index in [1.54, 1.807) is 0 Å². The van der Waals surface area contributed by atoms with Crippen LogP contribution in [0.3, 0.4) is 0 Å². The lowest BCUT2D eigenvalue weighted by Gasteiger charge is -2.30. The lowest BCUT2D eigenvalue weighted by molar-refractivity contribution is -0.140. The third-order valence-electron chi connectivity index (χ3n) is 3.63. The first-order valence-corrected chi connectivity index (χ1v) is 8.29. The Bertz CT molecular complexity index is 770. The third-order valence-corrected chi connectivity index (χ3v) is 5.08. The number of allylic oxidation sites excluding steroid dienone is 1. The van der Waals surface area contributed by atoms with Gasteiger partial charge in [-0.05, 0) is 24.6 Å². The van der Waals surface area contributed by atoms with E-state index in [4.69, 9.17) is 17.3 Å². The Morgan fingerprint density at radius 1 is 1.26 bits per heavy atom. The van der Waals surface area contributed by atoms with E-state index in [1.165, 1.54) is 0 Å². The van der Waals surface area contributed by atoms with Crippen molar-refractivity contribution >= 4 is 51.9 Å². The number of rotatable bonds is 3. The highest BCUT2D eigenvalue weighted by molar-refractivity contribution is 8.26. The molecule has 1 aromatic carbocycles. The number of carboxylic acids is 1. The second-order valence-electron chi connectivity index (χ2n) is 5.00. The van der Waals surface area contributed by atoms with E-state index >= 15 is 0 Å². The van der Waals surface area contributed by atoms with Crippen LogP contribution in [0, 0.1) is 0 Å². The number of fused-ring (bicyclic) bond motifs is 1. The maximum Gasteiger partial charge on any atom is 0.323 e. The fourth-order valence-electron chi connectivity index (χ4n) is 2.63. The molecular weight excluding hydrogens is 332 g/mol. The molecule has 0 saturated carbocycles. The van der Waals surface area contributed by atoms with Crippen LogP contribution in [0.25, 0.3) is 6.08 Å². The molecule has 1 N–H and O–H groups in total. The molecule has 118 valence electrons. The molecule has 0 unspecified atom stereocenters. The Morgan fingerprint density at radius 2 is 2.00 bits per heavy atom. The van der Waals surface area contributed by atoms with Crippen molar-refractivity contribution in [1.29, 1.82) is 0 Å². The molecule has 0 atom stereocenters. The van der Waals surface area contributed by atoms with Crippen LogP contribution >= 0.6 is 24.0 Å². The minimum absolute atomic E-state index is 0.281. The van der Waals surface area contributed by atoms with Gasteiger partial charge in [0.05, 0.1) is 5.70 Å². The molecule has 3 rings (SSSR count). The van der Waals surface area contributed by atoms with Gasteiger partial charge in [-0.3, -0.25) is 14.5 Å². The zero-order valence-corrected chi connectivity index (χ0v) is 14.0. The van der Waals surface area contributed by atoms with Crippen molar-refractivity contribution in [3.8, 4) is 0 Å². The number of aliphatic carboxylic acids is 1. The summed E-state index contributed by atoms with van der Waals surface area (Å²) in [7, 11) is 0. The smallest absolute Gasteiger partial charge is 0.323 e. The van der Waals surface area contributed by atoms with Gasteiger partial charge in [-0.2, -0.15) is 0 Å². The summed E-state index contributed by atoms with van der Waals surface area (Å²) in [5.41, 5.74) is 2.87. The van der Waals surface area contributed by atoms with Gasteiger partial charge in [0.15, 0.2) is 0 Å². The van der Waals surface area contributed by atoms with E-state index in [2.05, 4.69) is 0 Å². The number of nitrogens with zero attached hydrogens (tertiary/aromatic N) is 2. The quantitative estimate of drug-likeness (QED) is 0.671. The van der Waals surface area contributed by atoms with Crippen molar-refractivity contribution in [1.82, 2.24) is 4.90 Å². The van der Waals surface area contributed by atoms with E-state index in [-0.39, 0.29) is 10.2 Å². The standard InChI is InChI=1S/C16H14N2O3S2/c1-2-17-11-6-4-3-5-10(11)7-8-12(17)14-15(21)18(9-13(19)20)16(22)23-14/h3-8H,2,9H2,1H3,(H,19,20). The molecule has 0 radical (unpaired) electrons. The number of carbonyl (C=O) groups is 2. The summed E-state index contributed by atoms with van der Waals surface area (Å²) in [6, 6.07) is 7.93. The van der Waals surface area contributed by atoms with E-state index in [9.17, 15) is 9.59 Å². The molecule has 0 bridgehead atoms. The summed E-state index contributed by atoms with van der Waals surface area (Å²) in [6.07, 6.45) is 3.85. The first-order chi connectivity index (χ1) is 11.0. The van der Waals surface area contributed by atoms with Crippen molar-refractivity contribution in [2.45, 2.75) is 6.92 Å². The Morgan fingerprint density at radius 3 is 2.70 bits per heavy atom. The van der Waals surface area contributed by atoms with Crippen LogP contribution in [0.4, 0.5) is 5.69 Å². The lowest BCUT2D eigenvalue weighted by Crippen LogP contribution is -2.34. The normalized spacial score (nSPS) is 20.2. The zero-order valence-electron chi connectivity index (χ0n) is 12.4. The molecule has 2 aliphatic heterocycles. The van der Waals surface area contributed by atoms with Gasteiger partial charge < -0.3 is 10.0 Å². The van der Waals surface area contributed by atoms with Crippen LogP contribution in [0.15, 0.2) is 40.9 Å². The summed E-state index contributed by atoms with van der Waals surface area (Å²) >= 11 is 6.32. The molecule has 2 heterocycles. The Hall–Kier alpha value is -2.12. The number of hydrogen-bond acceptors (Lipinski definition) is 5. The minimum atomic E-state index is -1.08. The van der Waals surface area contributed by atoms with Crippen LogP contribution in [-0.4, -0.2) is 39.3 Å². The average Bonchev–Trinajstić information content (AvgIpc) is 2.81. The number of likely N-dealkylation sites (N-methyl/N-ethyl adjacent to an activating group) is 1. The Kier molecular flexibility index (Phi) is 4.23. The van der Waals surface area contributed by atoms with Crippen LogP contribution < -0.4 is 4.90 Å². The highest BCUT2D eigenvalue weighted by atomic mass is 32.2. The minimum Gasteiger partial charge on any atom is -0.480 e. The molecule has 0 spiro atoms. The van der Waals surface area contributed by atoms with Crippen LogP contribution in [0.2, 0.25) is 0 Å². The average molecular weight is 346 g/mol. The molecule has 2 aliphatic rings. The van der Waals surface area contributed by atoms with Crippen LogP contribution in [0.5, 0.6) is 0 Å². The third kappa shape index (κ3) is 2.77. The van der Waals surface area contributed by atoms with Gasteiger partial charge in [0.1, 0.15) is 15.8 Å².